The van der Waals surface area contributed by atoms with Gasteiger partial charge in [-0.2, -0.15) is 4.98 Å². The van der Waals surface area contributed by atoms with Gasteiger partial charge in [0.15, 0.2) is 0 Å². The van der Waals surface area contributed by atoms with Crippen LogP contribution in [0.1, 0.15) is 50.8 Å². The van der Waals surface area contributed by atoms with E-state index in [9.17, 15) is 13.6 Å². The Bertz CT molecular complexity index is 960. The van der Waals surface area contributed by atoms with E-state index < -0.39 is 5.92 Å². The number of cyclic esters (lactones) is 1. The first-order chi connectivity index (χ1) is 15.7. The van der Waals surface area contributed by atoms with Crippen molar-refractivity contribution in [1.82, 2.24) is 14.9 Å². The van der Waals surface area contributed by atoms with Crippen molar-refractivity contribution < 1.29 is 18.3 Å². The Morgan fingerprint density at radius 3 is 2.52 bits per heavy atom. The summed E-state index contributed by atoms with van der Waals surface area (Å²) >= 11 is 0. The number of anilines is 2. The van der Waals surface area contributed by atoms with Crippen molar-refractivity contribution >= 4 is 17.9 Å². The first-order valence-electron chi connectivity index (χ1n) is 11.5. The molecule has 1 aromatic heterocycles. The molecule has 2 aromatic rings. The zero-order valence-corrected chi connectivity index (χ0v) is 19.3. The molecule has 33 heavy (non-hydrogen) atoms. The van der Waals surface area contributed by atoms with Crippen LogP contribution in [-0.4, -0.2) is 52.6 Å². The molecule has 2 aliphatic rings. The minimum Gasteiger partial charge on any atom is -0.447 e. The largest absolute Gasteiger partial charge is 0.447 e. The number of aromatic nitrogens is 2. The molecule has 0 spiro atoms. The van der Waals surface area contributed by atoms with Gasteiger partial charge >= 0.3 is 6.09 Å². The normalized spacial score (nSPS) is 21.8. The number of benzene rings is 1. The van der Waals surface area contributed by atoms with E-state index in [4.69, 9.17) is 4.74 Å². The lowest BCUT2D eigenvalue weighted by Gasteiger charge is -2.31. The van der Waals surface area contributed by atoms with Gasteiger partial charge in [0.1, 0.15) is 12.4 Å². The zero-order chi connectivity index (χ0) is 23.6. The molecular weight excluding hydrogens is 428 g/mol. The maximum absolute atomic E-state index is 13.4. The number of nitrogens with one attached hydrogen (secondary N) is 1. The highest BCUT2D eigenvalue weighted by Gasteiger charge is 2.37. The van der Waals surface area contributed by atoms with Gasteiger partial charge in [-0.3, -0.25) is 9.80 Å². The van der Waals surface area contributed by atoms with Crippen LogP contribution in [0.15, 0.2) is 36.5 Å². The van der Waals surface area contributed by atoms with Gasteiger partial charge in [-0.25, -0.2) is 18.6 Å². The van der Waals surface area contributed by atoms with E-state index in [1.807, 2.05) is 45.0 Å². The van der Waals surface area contributed by atoms with Crippen LogP contribution in [0, 0.1) is 5.92 Å². The number of likely N-dealkylation sites (tertiary alicyclic amines) is 1. The lowest BCUT2D eigenvalue weighted by molar-refractivity contribution is -0.0566. The van der Waals surface area contributed by atoms with Gasteiger partial charge in [0.05, 0.1) is 12.1 Å². The third kappa shape index (κ3) is 5.58. The van der Waals surface area contributed by atoms with E-state index in [1.54, 1.807) is 17.2 Å². The number of halogens is 2. The van der Waals surface area contributed by atoms with Crippen molar-refractivity contribution in [2.24, 2.45) is 5.92 Å². The number of carbonyl (C=O) groups is 1. The SMILES string of the molecule is CC(C)[C@H]1COC(=O)N1c1ccnc(N[C@@H](C)c2ccc(CN3CCC(F)(F)CC3)cc2)n1. The zero-order valence-electron chi connectivity index (χ0n) is 19.3. The average molecular weight is 460 g/mol. The van der Waals surface area contributed by atoms with E-state index >= 15 is 0 Å². The number of ether oxygens (including phenoxy) is 1. The number of hydrogen-bond acceptors (Lipinski definition) is 6. The Morgan fingerprint density at radius 2 is 1.85 bits per heavy atom. The summed E-state index contributed by atoms with van der Waals surface area (Å²) in [5, 5.41) is 3.30. The molecule has 0 saturated carbocycles. The first kappa shape index (κ1) is 23.4. The van der Waals surface area contributed by atoms with E-state index in [0.29, 0.717) is 38.0 Å². The summed E-state index contributed by atoms with van der Waals surface area (Å²) in [7, 11) is 0. The summed E-state index contributed by atoms with van der Waals surface area (Å²) in [6.45, 7) is 7.97. The molecule has 1 N–H and O–H groups in total. The summed E-state index contributed by atoms with van der Waals surface area (Å²) in [6, 6.07) is 9.72. The molecule has 0 unspecified atom stereocenters. The number of amides is 1. The summed E-state index contributed by atoms with van der Waals surface area (Å²) < 4.78 is 31.9. The smallest absolute Gasteiger partial charge is 0.415 e. The number of rotatable bonds is 7. The molecule has 0 radical (unpaired) electrons. The Labute approximate surface area is 193 Å². The van der Waals surface area contributed by atoms with Crippen molar-refractivity contribution in [3.8, 4) is 0 Å². The molecule has 2 saturated heterocycles. The molecule has 1 amide bonds. The molecule has 1 aromatic carbocycles. The monoisotopic (exact) mass is 459 g/mol. The fourth-order valence-corrected chi connectivity index (χ4v) is 4.23. The molecule has 7 nitrogen and oxygen atoms in total. The van der Waals surface area contributed by atoms with Gasteiger partial charge < -0.3 is 10.1 Å². The highest BCUT2D eigenvalue weighted by atomic mass is 19.3. The Balaban J connectivity index is 1.38. The highest BCUT2D eigenvalue weighted by Crippen LogP contribution is 2.29. The predicted molar refractivity (Wildman–Crippen MR) is 122 cm³/mol. The first-order valence-corrected chi connectivity index (χ1v) is 11.5. The van der Waals surface area contributed by atoms with Gasteiger partial charge in [-0.1, -0.05) is 38.1 Å². The van der Waals surface area contributed by atoms with Crippen LogP contribution in [0.3, 0.4) is 0 Å². The summed E-state index contributed by atoms with van der Waals surface area (Å²) in [6.07, 6.45) is 1.10. The minimum atomic E-state index is -2.52. The van der Waals surface area contributed by atoms with Gasteiger partial charge in [0.25, 0.3) is 5.92 Å². The van der Waals surface area contributed by atoms with Crippen LogP contribution in [0.5, 0.6) is 0 Å². The van der Waals surface area contributed by atoms with E-state index in [-0.39, 0.29) is 36.9 Å². The summed E-state index contributed by atoms with van der Waals surface area (Å²) in [5.74, 6) is -1.34. The fraction of sp³-hybridized carbons (Fsp3) is 0.542. The number of carbonyl (C=O) groups excluding carboxylic acids is 1. The van der Waals surface area contributed by atoms with Crippen molar-refractivity contribution in [3.05, 3.63) is 47.7 Å². The average Bonchev–Trinajstić information content (AvgIpc) is 3.17. The van der Waals surface area contributed by atoms with Crippen molar-refractivity contribution in [1.29, 1.82) is 0 Å². The molecule has 178 valence electrons. The molecule has 0 aliphatic carbocycles. The van der Waals surface area contributed by atoms with Crippen molar-refractivity contribution in [3.63, 3.8) is 0 Å². The Hall–Kier alpha value is -2.81. The third-order valence-corrected chi connectivity index (χ3v) is 6.38. The molecule has 0 bridgehead atoms. The van der Waals surface area contributed by atoms with Crippen LogP contribution in [-0.2, 0) is 11.3 Å². The summed E-state index contributed by atoms with van der Waals surface area (Å²) in [5.41, 5.74) is 2.15. The standard InChI is InChI=1S/C24H31F2N5O2/c1-16(2)20-15-33-23(32)31(20)21-8-11-27-22(29-21)28-17(3)19-6-4-18(5-7-19)14-30-12-9-24(25,26)10-13-30/h4-8,11,16-17,20H,9-10,12-15H2,1-3H3,(H,27,28,29)/t17-,20+/m0/s1. The number of hydrogen-bond donors (Lipinski definition) is 1. The van der Waals surface area contributed by atoms with E-state index in [2.05, 4.69) is 20.2 Å². The Kier molecular flexibility index (Phi) is 6.78. The third-order valence-electron chi connectivity index (χ3n) is 6.38. The molecule has 2 aliphatic heterocycles. The van der Waals surface area contributed by atoms with Crippen LogP contribution in [0.4, 0.5) is 25.3 Å². The summed E-state index contributed by atoms with van der Waals surface area (Å²) in [4.78, 5) is 24.7. The minimum absolute atomic E-state index is 0.0589. The molecule has 2 fully saturated rings. The lowest BCUT2D eigenvalue weighted by atomic mass is 10.0. The van der Waals surface area contributed by atoms with E-state index in [0.717, 1.165) is 11.1 Å². The van der Waals surface area contributed by atoms with Gasteiger partial charge in [0.2, 0.25) is 5.95 Å². The van der Waals surface area contributed by atoms with Crippen molar-refractivity contribution in [2.75, 3.05) is 29.9 Å². The van der Waals surface area contributed by atoms with Crippen LogP contribution < -0.4 is 10.2 Å². The highest BCUT2D eigenvalue weighted by molar-refractivity contribution is 5.89. The van der Waals surface area contributed by atoms with Gasteiger partial charge in [-0.05, 0) is 30.0 Å². The molecule has 4 rings (SSSR count). The number of nitrogens with zero attached hydrogens (tertiary/aromatic N) is 4. The topological polar surface area (TPSA) is 70.6 Å². The van der Waals surface area contributed by atoms with Gasteiger partial charge in [0, 0.05) is 38.7 Å². The number of alkyl halides is 2. The van der Waals surface area contributed by atoms with Crippen LogP contribution in [0.25, 0.3) is 0 Å². The van der Waals surface area contributed by atoms with E-state index in [1.165, 1.54) is 0 Å². The molecule has 2 atom stereocenters. The maximum Gasteiger partial charge on any atom is 0.415 e. The fourth-order valence-electron chi connectivity index (χ4n) is 4.23. The second-order valence-corrected chi connectivity index (χ2v) is 9.24. The van der Waals surface area contributed by atoms with Crippen molar-refractivity contribution in [2.45, 2.75) is 58.2 Å². The Morgan fingerprint density at radius 1 is 1.15 bits per heavy atom. The van der Waals surface area contributed by atoms with Gasteiger partial charge in [-0.15, -0.1) is 0 Å². The second kappa shape index (κ2) is 9.59. The van der Waals surface area contributed by atoms with Crippen LogP contribution >= 0.6 is 0 Å². The molecule has 3 heterocycles. The molecular formula is C24H31F2N5O2. The number of piperidine rings is 1. The molecule has 9 heteroatoms. The quantitative estimate of drug-likeness (QED) is 0.638. The second-order valence-electron chi connectivity index (χ2n) is 9.24. The lowest BCUT2D eigenvalue weighted by Crippen LogP contribution is -2.38. The van der Waals surface area contributed by atoms with Crippen LogP contribution in [0.2, 0.25) is 0 Å². The maximum atomic E-state index is 13.4. The predicted octanol–water partition coefficient (Wildman–Crippen LogP) is 4.86.